The Morgan fingerprint density at radius 2 is 1.96 bits per heavy atom. The second-order valence-electron chi connectivity index (χ2n) is 5.97. The summed E-state index contributed by atoms with van der Waals surface area (Å²) in [4.78, 5) is 25.9. The maximum absolute atomic E-state index is 12.5. The lowest BCUT2D eigenvalue weighted by Gasteiger charge is -2.25. The number of rotatable bonds is 5. The van der Waals surface area contributed by atoms with Crippen molar-refractivity contribution in [3.8, 4) is 0 Å². The van der Waals surface area contributed by atoms with E-state index in [0.29, 0.717) is 12.2 Å². The minimum Gasteiger partial charge on any atom is -0.326 e. The molecule has 2 aromatic carbocycles. The van der Waals surface area contributed by atoms with Gasteiger partial charge in [0.15, 0.2) is 0 Å². The number of anilines is 2. The van der Waals surface area contributed by atoms with Crippen LogP contribution in [-0.2, 0) is 16.0 Å². The molecule has 0 spiro atoms. The largest absolute Gasteiger partial charge is 0.326 e. The standard InChI is InChI=1S/C20H22N2O2S/c1-3-14-8-10-17(11-9-14)22-19(24)13-25-20(22)15-6-5-7-16(12-15)21-18(23)4-2/h5-12,20H,3-4,13H2,1-2H3,(H,21,23). The van der Waals surface area contributed by atoms with Crippen molar-refractivity contribution in [2.45, 2.75) is 32.1 Å². The summed E-state index contributed by atoms with van der Waals surface area (Å²) in [6.45, 7) is 3.94. The topological polar surface area (TPSA) is 49.4 Å². The number of aryl methyl sites for hydroxylation is 1. The van der Waals surface area contributed by atoms with Gasteiger partial charge in [0.05, 0.1) is 5.75 Å². The summed E-state index contributed by atoms with van der Waals surface area (Å²) >= 11 is 1.61. The molecule has 2 aromatic rings. The molecule has 5 heteroatoms. The Hall–Kier alpha value is -2.27. The Bertz CT molecular complexity index is 774. The predicted octanol–water partition coefficient (Wildman–Crippen LogP) is 4.38. The van der Waals surface area contributed by atoms with Crippen LogP contribution in [0.5, 0.6) is 0 Å². The highest BCUT2D eigenvalue weighted by atomic mass is 32.2. The Balaban J connectivity index is 1.88. The highest BCUT2D eigenvalue weighted by Gasteiger charge is 2.34. The van der Waals surface area contributed by atoms with Gasteiger partial charge >= 0.3 is 0 Å². The molecule has 1 fully saturated rings. The van der Waals surface area contributed by atoms with Crippen molar-refractivity contribution < 1.29 is 9.59 Å². The van der Waals surface area contributed by atoms with E-state index in [-0.39, 0.29) is 17.2 Å². The molecule has 0 saturated carbocycles. The van der Waals surface area contributed by atoms with E-state index in [1.165, 1.54) is 5.56 Å². The second-order valence-corrected chi connectivity index (χ2v) is 7.04. The third kappa shape index (κ3) is 3.87. The molecule has 1 atom stereocenters. The fourth-order valence-corrected chi connectivity index (χ4v) is 4.03. The van der Waals surface area contributed by atoms with Crippen molar-refractivity contribution in [3.63, 3.8) is 0 Å². The van der Waals surface area contributed by atoms with Gasteiger partial charge in [-0.3, -0.25) is 14.5 Å². The van der Waals surface area contributed by atoms with Crippen molar-refractivity contribution in [1.82, 2.24) is 0 Å². The summed E-state index contributed by atoms with van der Waals surface area (Å²) in [5, 5.41) is 2.81. The van der Waals surface area contributed by atoms with E-state index in [1.54, 1.807) is 11.8 Å². The first-order valence-corrected chi connectivity index (χ1v) is 9.59. The maximum atomic E-state index is 12.5. The van der Waals surface area contributed by atoms with E-state index >= 15 is 0 Å². The molecule has 2 amide bonds. The summed E-state index contributed by atoms with van der Waals surface area (Å²) in [6, 6.07) is 15.9. The maximum Gasteiger partial charge on any atom is 0.238 e. The number of thioether (sulfide) groups is 1. The molecule has 1 N–H and O–H groups in total. The van der Waals surface area contributed by atoms with Crippen LogP contribution in [0, 0.1) is 0 Å². The summed E-state index contributed by atoms with van der Waals surface area (Å²) in [5.74, 6) is 0.563. The molecule has 0 radical (unpaired) electrons. The molecule has 1 aliphatic rings. The number of nitrogens with one attached hydrogen (secondary N) is 1. The van der Waals surface area contributed by atoms with E-state index in [1.807, 2.05) is 48.2 Å². The lowest BCUT2D eigenvalue weighted by atomic mass is 10.1. The molecule has 25 heavy (non-hydrogen) atoms. The van der Waals surface area contributed by atoms with Gasteiger partial charge in [0.25, 0.3) is 0 Å². The van der Waals surface area contributed by atoms with Crippen molar-refractivity contribution in [3.05, 3.63) is 59.7 Å². The number of hydrogen-bond acceptors (Lipinski definition) is 3. The van der Waals surface area contributed by atoms with Crippen LogP contribution in [0.15, 0.2) is 48.5 Å². The van der Waals surface area contributed by atoms with Crippen molar-refractivity contribution in [2.75, 3.05) is 16.0 Å². The normalized spacial score (nSPS) is 17.0. The molecule has 3 rings (SSSR count). The van der Waals surface area contributed by atoms with Crippen LogP contribution in [-0.4, -0.2) is 17.6 Å². The Morgan fingerprint density at radius 3 is 2.64 bits per heavy atom. The van der Waals surface area contributed by atoms with E-state index in [0.717, 1.165) is 23.4 Å². The van der Waals surface area contributed by atoms with E-state index in [4.69, 9.17) is 0 Å². The predicted molar refractivity (Wildman–Crippen MR) is 104 cm³/mol. The summed E-state index contributed by atoms with van der Waals surface area (Å²) < 4.78 is 0. The molecule has 0 bridgehead atoms. The highest BCUT2D eigenvalue weighted by Crippen LogP contribution is 2.42. The van der Waals surface area contributed by atoms with Crippen LogP contribution < -0.4 is 10.2 Å². The molecule has 1 heterocycles. The molecular weight excluding hydrogens is 332 g/mol. The van der Waals surface area contributed by atoms with E-state index in [2.05, 4.69) is 24.4 Å². The van der Waals surface area contributed by atoms with Gasteiger partial charge < -0.3 is 5.32 Å². The first-order valence-electron chi connectivity index (χ1n) is 8.54. The van der Waals surface area contributed by atoms with Crippen LogP contribution >= 0.6 is 11.8 Å². The van der Waals surface area contributed by atoms with Crippen LogP contribution in [0.3, 0.4) is 0 Å². The van der Waals surface area contributed by atoms with E-state index in [9.17, 15) is 9.59 Å². The fraction of sp³-hybridized carbons (Fsp3) is 0.300. The monoisotopic (exact) mass is 354 g/mol. The third-order valence-corrected chi connectivity index (χ3v) is 5.48. The Kier molecular flexibility index (Phi) is 5.43. The number of amides is 2. The minimum absolute atomic E-state index is 0.0145. The number of carbonyl (C=O) groups excluding carboxylic acids is 2. The molecule has 1 unspecified atom stereocenters. The van der Waals surface area contributed by atoms with Crippen molar-refractivity contribution >= 4 is 35.0 Å². The molecule has 1 saturated heterocycles. The number of carbonyl (C=O) groups is 2. The summed E-state index contributed by atoms with van der Waals surface area (Å²) in [7, 11) is 0. The number of hydrogen-bond donors (Lipinski definition) is 1. The van der Waals surface area contributed by atoms with Gasteiger partial charge in [-0.1, -0.05) is 38.1 Å². The SMILES string of the molecule is CCC(=O)Nc1cccc(C2SCC(=O)N2c2ccc(CC)cc2)c1. The first-order chi connectivity index (χ1) is 12.1. The second kappa shape index (κ2) is 7.74. The zero-order valence-corrected chi connectivity index (χ0v) is 15.3. The van der Waals surface area contributed by atoms with Gasteiger partial charge in [0, 0.05) is 17.8 Å². The zero-order chi connectivity index (χ0) is 17.8. The average molecular weight is 354 g/mol. The molecule has 130 valence electrons. The molecule has 4 nitrogen and oxygen atoms in total. The first kappa shape index (κ1) is 17.5. The Morgan fingerprint density at radius 1 is 1.20 bits per heavy atom. The molecular formula is C20H22N2O2S. The van der Waals surface area contributed by atoms with Gasteiger partial charge in [0.1, 0.15) is 5.37 Å². The van der Waals surface area contributed by atoms with Crippen LogP contribution in [0.25, 0.3) is 0 Å². The zero-order valence-electron chi connectivity index (χ0n) is 14.5. The third-order valence-electron chi connectivity index (χ3n) is 4.27. The average Bonchev–Trinajstić information content (AvgIpc) is 3.03. The molecule has 1 aliphatic heterocycles. The smallest absolute Gasteiger partial charge is 0.238 e. The summed E-state index contributed by atoms with van der Waals surface area (Å²) in [5.41, 5.74) is 3.96. The Labute approximate surface area is 152 Å². The van der Waals surface area contributed by atoms with Gasteiger partial charge in [-0.25, -0.2) is 0 Å². The van der Waals surface area contributed by atoms with Gasteiger partial charge in [-0.2, -0.15) is 0 Å². The number of nitrogens with zero attached hydrogens (tertiary/aromatic N) is 1. The van der Waals surface area contributed by atoms with Crippen LogP contribution in [0.2, 0.25) is 0 Å². The van der Waals surface area contributed by atoms with E-state index < -0.39 is 0 Å². The summed E-state index contributed by atoms with van der Waals surface area (Å²) in [6.07, 6.45) is 1.42. The quantitative estimate of drug-likeness (QED) is 0.867. The minimum atomic E-state index is -0.0709. The molecule has 0 aliphatic carbocycles. The molecule has 0 aromatic heterocycles. The highest BCUT2D eigenvalue weighted by molar-refractivity contribution is 8.00. The van der Waals surface area contributed by atoms with Gasteiger partial charge in [-0.05, 0) is 41.8 Å². The van der Waals surface area contributed by atoms with Gasteiger partial charge in [-0.15, -0.1) is 11.8 Å². The van der Waals surface area contributed by atoms with Gasteiger partial charge in [0.2, 0.25) is 11.8 Å². The fourth-order valence-electron chi connectivity index (χ4n) is 2.86. The van der Waals surface area contributed by atoms with Crippen molar-refractivity contribution in [2.24, 2.45) is 0 Å². The van der Waals surface area contributed by atoms with Crippen LogP contribution in [0.4, 0.5) is 11.4 Å². The number of benzene rings is 2. The lowest BCUT2D eigenvalue weighted by Crippen LogP contribution is -2.27. The lowest BCUT2D eigenvalue weighted by molar-refractivity contribution is -0.116. The van der Waals surface area contributed by atoms with Crippen LogP contribution in [0.1, 0.15) is 36.8 Å². The van der Waals surface area contributed by atoms with Crippen molar-refractivity contribution in [1.29, 1.82) is 0 Å².